The monoisotopic (exact) mass is 238 g/mol. The lowest BCUT2D eigenvalue weighted by Crippen LogP contribution is -2.48. The summed E-state index contributed by atoms with van der Waals surface area (Å²) in [6.45, 7) is 2.60. The molecular formula is C11H18N4O2. The van der Waals surface area contributed by atoms with Crippen molar-refractivity contribution in [3.63, 3.8) is 0 Å². The third-order valence-electron chi connectivity index (χ3n) is 2.79. The predicted octanol–water partition coefficient (Wildman–Crippen LogP) is -0.520. The van der Waals surface area contributed by atoms with Crippen molar-refractivity contribution >= 4 is 5.91 Å². The van der Waals surface area contributed by atoms with Gasteiger partial charge in [-0.3, -0.25) is 9.48 Å². The number of aryl methyl sites for hydroxylation is 1. The van der Waals surface area contributed by atoms with Crippen molar-refractivity contribution in [1.29, 1.82) is 0 Å². The molecular weight excluding hydrogens is 220 g/mol. The normalized spacial score (nSPS) is 20.6. The first-order chi connectivity index (χ1) is 8.20. The van der Waals surface area contributed by atoms with Crippen molar-refractivity contribution in [1.82, 2.24) is 20.0 Å². The van der Waals surface area contributed by atoms with Crippen molar-refractivity contribution in [2.75, 3.05) is 33.3 Å². The highest BCUT2D eigenvalue weighted by molar-refractivity contribution is 5.92. The van der Waals surface area contributed by atoms with Crippen LogP contribution < -0.4 is 5.32 Å². The number of morpholine rings is 1. The van der Waals surface area contributed by atoms with E-state index in [1.807, 2.05) is 7.05 Å². The van der Waals surface area contributed by atoms with Crippen LogP contribution in [0.15, 0.2) is 12.3 Å². The molecule has 6 nitrogen and oxygen atoms in total. The largest absolute Gasteiger partial charge is 0.373 e. The third kappa shape index (κ3) is 2.83. The molecule has 0 aliphatic carbocycles. The summed E-state index contributed by atoms with van der Waals surface area (Å²) >= 11 is 0. The van der Waals surface area contributed by atoms with Crippen LogP contribution in [0.25, 0.3) is 0 Å². The molecule has 1 aromatic rings. The van der Waals surface area contributed by atoms with Crippen molar-refractivity contribution < 1.29 is 9.53 Å². The van der Waals surface area contributed by atoms with Crippen LogP contribution in [0.1, 0.15) is 10.5 Å². The van der Waals surface area contributed by atoms with Gasteiger partial charge in [-0.25, -0.2) is 0 Å². The second kappa shape index (κ2) is 5.29. The zero-order chi connectivity index (χ0) is 12.3. The number of hydrogen-bond acceptors (Lipinski definition) is 4. The summed E-state index contributed by atoms with van der Waals surface area (Å²) in [6, 6.07) is 1.74. The molecule has 1 unspecified atom stereocenters. The van der Waals surface area contributed by atoms with E-state index in [1.165, 1.54) is 0 Å². The quantitative estimate of drug-likeness (QED) is 0.770. The van der Waals surface area contributed by atoms with Crippen LogP contribution in [0, 0.1) is 0 Å². The van der Waals surface area contributed by atoms with Gasteiger partial charge in [0.2, 0.25) is 0 Å². The molecule has 1 aliphatic heterocycles. The van der Waals surface area contributed by atoms with Crippen LogP contribution in [0.2, 0.25) is 0 Å². The van der Waals surface area contributed by atoms with E-state index in [9.17, 15) is 4.79 Å². The van der Waals surface area contributed by atoms with E-state index >= 15 is 0 Å². The van der Waals surface area contributed by atoms with Crippen molar-refractivity contribution in [3.8, 4) is 0 Å². The van der Waals surface area contributed by atoms with Crippen molar-refractivity contribution in [2.45, 2.75) is 6.10 Å². The van der Waals surface area contributed by atoms with Crippen molar-refractivity contribution in [3.05, 3.63) is 18.0 Å². The highest BCUT2D eigenvalue weighted by Crippen LogP contribution is 2.08. The molecule has 2 rings (SSSR count). The van der Waals surface area contributed by atoms with Gasteiger partial charge in [0.05, 0.1) is 12.7 Å². The number of likely N-dealkylation sites (N-methyl/N-ethyl adjacent to an activating group) is 1. The fourth-order valence-corrected chi connectivity index (χ4v) is 1.95. The number of carbonyl (C=O) groups excluding carboxylic acids is 1. The number of rotatable bonds is 3. The van der Waals surface area contributed by atoms with Crippen LogP contribution in [0.4, 0.5) is 0 Å². The fraction of sp³-hybridized carbons (Fsp3) is 0.636. The molecule has 2 heterocycles. The summed E-state index contributed by atoms with van der Waals surface area (Å²) in [7, 11) is 3.68. The average Bonchev–Trinajstić information content (AvgIpc) is 2.76. The van der Waals surface area contributed by atoms with Gasteiger partial charge >= 0.3 is 0 Å². The number of amides is 1. The zero-order valence-electron chi connectivity index (χ0n) is 10.2. The third-order valence-corrected chi connectivity index (χ3v) is 2.79. The van der Waals surface area contributed by atoms with Gasteiger partial charge in [0.15, 0.2) is 0 Å². The lowest BCUT2D eigenvalue weighted by Gasteiger charge is -2.32. The highest BCUT2D eigenvalue weighted by Gasteiger charge is 2.25. The van der Waals surface area contributed by atoms with Gasteiger partial charge in [-0.2, -0.15) is 5.10 Å². The Morgan fingerprint density at radius 3 is 3.18 bits per heavy atom. The molecule has 17 heavy (non-hydrogen) atoms. The standard InChI is InChI=1S/C11H18N4O2/c1-12-7-9-8-15(5-6-17-9)11(16)10-3-4-14(2)13-10/h3-4,9,12H,5-8H2,1-2H3. The molecule has 1 atom stereocenters. The zero-order valence-corrected chi connectivity index (χ0v) is 10.2. The van der Waals surface area contributed by atoms with Gasteiger partial charge in [0, 0.05) is 32.9 Å². The molecule has 0 saturated carbocycles. The first-order valence-corrected chi connectivity index (χ1v) is 5.76. The molecule has 6 heteroatoms. The number of ether oxygens (including phenoxy) is 1. The molecule has 1 N–H and O–H groups in total. The summed E-state index contributed by atoms with van der Waals surface area (Å²) in [5, 5.41) is 7.18. The second-order valence-electron chi connectivity index (χ2n) is 4.18. The number of nitrogens with zero attached hydrogens (tertiary/aromatic N) is 3. The summed E-state index contributed by atoms with van der Waals surface area (Å²) in [4.78, 5) is 13.9. The van der Waals surface area contributed by atoms with E-state index in [2.05, 4.69) is 10.4 Å². The first kappa shape index (κ1) is 12.1. The number of carbonyl (C=O) groups is 1. The van der Waals surface area contributed by atoms with E-state index in [0.29, 0.717) is 25.4 Å². The Balaban J connectivity index is 1.99. The van der Waals surface area contributed by atoms with E-state index in [0.717, 1.165) is 6.54 Å². The van der Waals surface area contributed by atoms with Gasteiger partial charge in [0.1, 0.15) is 5.69 Å². The summed E-state index contributed by atoms with van der Waals surface area (Å²) in [5.74, 6) is -0.0185. The van der Waals surface area contributed by atoms with E-state index in [-0.39, 0.29) is 12.0 Å². The number of aromatic nitrogens is 2. The van der Waals surface area contributed by atoms with Gasteiger partial charge in [0.25, 0.3) is 5.91 Å². The Morgan fingerprint density at radius 1 is 1.71 bits per heavy atom. The molecule has 1 fully saturated rings. The SMILES string of the molecule is CNCC1CN(C(=O)c2ccn(C)n2)CCO1. The molecule has 94 valence electrons. The fourth-order valence-electron chi connectivity index (χ4n) is 1.95. The molecule has 1 aromatic heterocycles. The molecule has 0 radical (unpaired) electrons. The van der Waals surface area contributed by atoms with Gasteiger partial charge in [-0.05, 0) is 13.1 Å². The molecule has 0 aromatic carbocycles. The number of nitrogens with one attached hydrogen (secondary N) is 1. The van der Waals surface area contributed by atoms with Crippen LogP contribution in [0.5, 0.6) is 0 Å². The Labute approximate surface area is 101 Å². The maximum absolute atomic E-state index is 12.1. The molecule has 1 aliphatic rings. The van der Waals surface area contributed by atoms with Gasteiger partial charge in [-0.15, -0.1) is 0 Å². The Morgan fingerprint density at radius 2 is 2.53 bits per heavy atom. The lowest BCUT2D eigenvalue weighted by molar-refractivity contribution is -0.0198. The molecule has 1 amide bonds. The summed E-state index contributed by atoms with van der Waals surface area (Å²) in [6.07, 6.45) is 1.85. The van der Waals surface area contributed by atoms with Crippen molar-refractivity contribution in [2.24, 2.45) is 7.05 Å². The predicted molar refractivity (Wildman–Crippen MR) is 62.8 cm³/mol. The lowest BCUT2D eigenvalue weighted by atomic mass is 10.2. The number of hydrogen-bond donors (Lipinski definition) is 1. The van der Waals surface area contributed by atoms with Crippen LogP contribution >= 0.6 is 0 Å². The minimum absolute atomic E-state index is 0.0185. The van der Waals surface area contributed by atoms with E-state index in [1.54, 1.807) is 28.9 Å². The Kier molecular flexibility index (Phi) is 3.75. The van der Waals surface area contributed by atoms with Crippen LogP contribution in [-0.4, -0.2) is 60.0 Å². The minimum atomic E-state index is -0.0185. The Hall–Kier alpha value is -1.40. The van der Waals surface area contributed by atoms with E-state index in [4.69, 9.17) is 4.74 Å². The molecule has 1 saturated heterocycles. The summed E-state index contributed by atoms with van der Waals surface area (Å²) in [5.41, 5.74) is 0.498. The average molecular weight is 238 g/mol. The minimum Gasteiger partial charge on any atom is -0.373 e. The maximum atomic E-state index is 12.1. The highest BCUT2D eigenvalue weighted by atomic mass is 16.5. The molecule has 0 bridgehead atoms. The Bertz CT molecular complexity index is 389. The van der Waals surface area contributed by atoms with Crippen LogP contribution in [0.3, 0.4) is 0 Å². The second-order valence-corrected chi connectivity index (χ2v) is 4.18. The topological polar surface area (TPSA) is 59.4 Å². The smallest absolute Gasteiger partial charge is 0.274 e. The van der Waals surface area contributed by atoms with Gasteiger partial charge in [-0.1, -0.05) is 0 Å². The van der Waals surface area contributed by atoms with E-state index < -0.39 is 0 Å². The molecule has 0 spiro atoms. The summed E-state index contributed by atoms with van der Waals surface area (Å²) < 4.78 is 7.20. The van der Waals surface area contributed by atoms with Gasteiger partial charge < -0.3 is 15.0 Å². The first-order valence-electron chi connectivity index (χ1n) is 5.76. The maximum Gasteiger partial charge on any atom is 0.274 e. The van der Waals surface area contributed by atoms with Crippen LogP contribution in [-0.2, 0) is 11.8 Å².